The quantitative estimate of drug-likeness (QED) is 0.762. The number of hydrogen-bond donors (Lipinski definition) is 1. The number of rotatable bonds is 4. The average molecular weight is 371 g/mol. The van der Waals surface area contributed by atoms with E-state index in [1.54, 1.807) is 30.5 Å². The number of nitrogens with one attached hydrogen (secondary N) is 1. The monoisotopic (exact) mass is 371 g/mol. The smallest absolute Gasteiger partial charge is 0.271 e. The van der Waals surface area contributed by atoms with Crippen molar-refractivity contribution in [3.8, 4) is 5.75 Å². The Morgan fingerprint density at radius 2 is 1.81 bits per heavy atom. The standard InChI is InChI=1S/C19H21N3O3S/c1-25-18-4-2-3-5-19(18)26(23,24)22-11-8-15-6-7-16(14-17(15)22)21-12-9-20-10-13-21/h2-8,11,14,20H,9-10,12-13H2,1H3. The van der Waals surface area contributed by atoms with Crippen molar-refractivity contribution in [1.29, 1.82) is 0 Å². The van der Waals surface area contributed by atoms with Crippen molar-refractivity contribution in [3.63, 3.8) is 0 Å². The molecule has 0 spiro atoms. The van der Waals surface area contributed by atoms with E-state index in [1.165, 1.54) is 11.1 Å². The molecule has 0 atom stereocenters. The molecule has 0 amide bonds. The van der Waals surface area contributed by atoms with Gasteiger partial charge in [0.2, 0.25) is 0 Å². The number of fused-ring (bicyclic) bond motifs is 1. The molecule has 2 aromatic carbocycles. The van der Waals surface area contributed by atoms with Crippen LogP contribution in [0.4, 0.5) is 5.69 Å². The molecule has 0 radical (unpaired) electrons. The van der Waals surface area contributed by atoms with Crippen molar-refractivity contribution in [2.24, 2.45) is 0 Å². The average Bonchev–Trinajstić information content (AvgIpc) is 3.12. The number of methoxy groups -OCH3 is 1. The molecule has 7 heteroatoms. The van der Waals surface area contributed by atoms with Crippen molar-refractivity contribution < 1.29 is 13.2 Å². The number of benzene rings is 2. The lowest BCUT2D eigenvalue weighted by Crippen LogP contribution is -2.43. The topological polar surface area (TPSA) is 63.6 Å². The molecule has 6 nitrogen and oxygen atoms in total. The van der Waals surface area contributed by atoms with E-state index in [1.807, 2.05) is 24.3 Å². The third-order valence-electron chi connectivity index (χ3n) is 4.73. The van der Waals surface area contributed by atoms with E-state index in [9.17, 15) is 8.42 Å². The van der Waals surface area contributed by atoms with E-state index in [0.717, 1.165) is 37.3 Å². The number of aromatic nitrogens is 1. The molecule has 0 saturated carbocycles. The number of para-hydroxylation sites is 1. The zero-order valence-electron chi connectivity index (χ0n) is 14.6. The fourth-order valence-corrected chi connectivity index (χ4v) is 4.87. The molecule has 1 saturated heterocycles. The van der Waals surface area contributed by atoms with Crippen molar-refractivity contribution in [3.05, 3.63) is 54.7 Å². The fourth-order valence-electron chi connectivity index (χ4n) is 3.36. The zero-order valence-corrected chi connectivity index (χ0v) is 15.4. The van der Waals surface area contributed by atoms with Gasteiger partial charge in [-0.05, 0) is 30.3 Å². The highest BCUT2D eigenvalue weighted by atomic mass is 32.2. The third-order valence-corrected chi connectivity index (χ3v) is 6.46. The minimum atomic E-state index is -3.75. The van der Waals surface area contributed by atoms with Gasteiger partial charge in [0.1, 0.15) is 10.6 Å². The Bertz CT molecular complexity index is 1040. The molecule has 1 aliphatic rings. The Labute approximate surface area is 153 Å². The summed E-state index contributed by atoms with van der Waals surface area (Å²) in [6.45, 7) is 3.67. The van der Waals surface area contributed by atoms with Crippen LogP contribution in [-0.2, 0) is 10.0 Å². The molecule has 26 heavy (non-hydrogen) atoms. The summed E-state index contributed by atoms with van der Waals surface area (Å²) in [5.74, 6) is 0.340. The molecule has 1 aromatic heterocycles. The molecule has 1 N–H and O–H groups in total. The predicted octanol–water partition coefficient (Wildman–Crippen LogP) is 2.30. The summed E-state index contributed by atoms with van der Waals surface area (Å²) in [6, 6.07) is 14.5. The van der Waals surface area contributed by atoms with Gasteiger partial charge in [0.15, 0.2) is 0 Å². The van der Waals surface area contributed by atoms with E-state index < -0.39 is 10.0 Å². The molecule has 0 unspecified atom stereocenters. The fraction of sp³-hybridized carbons (Fsp3) is 0.263. The summed E-state index contributed by atoms with van der Waals surface area (Å²) in [6.07, 6.45) is 1.61. The predicted molar refractivity (Wildman–Crippen MR) is 103 cm³/mol. The van der Waals surface area contributed by atoms with Crippen LogP contribution in [-0.4, -0.2) is 45.7 Å². The SMILES string of the molecule is COc1ccccc1S(=O)(=O)n1ccc2ccc(N3CCNCC3)cc21. The van der Waals surface area contributed by atoms with Crippen LogP contribution >= 0.6 is 0 Å². The minimum Gasteiger partial charge on any atom is -0.495 e. The Hall–Kier alpha value is -2.51. The summed E-state index contributed by atoms with van der Waals surface area (Å²) < 4.78 is 33.1. The van der Waals surface area contributed by atoms with E-state index in [0.29, 0.717) is 11.3 Å². The first-order valence-corrected chi connectivity index (χ1v) is 10.0. The molecule has 2 heterocycles. The lowest BCUT2D eigenvalue weighted by molar-refractivity contribution is 0.402. The van der Waals surface area contributed by atoms with E-state index in [4.69, 9.17) is 4.74 Å². The van der Waals surface area contributed by atoms with Crippen LogP contribution < -0.4 is 15.0 Å². The lowest BCUT2D eigenvalue weighted by Gasteiger charge is -2.29. The molecule has 1 aliphatic heterocycles. The van der Waals surface area contributed by atoms with Gasteiger partial charge in [0.25, 0.3) is 10.0 Å². The van der Waals surface area contributed by atoms with Crippen LogP contribution in [0.15, 0.2) is 59.6 Å². The largest absolute Gasteiger partial charge is 0.495 e. The Morgan fingerprint density at radius 3 is 2.58 bits per heavy atom. The second kappa shape index (κ2) is 6.66. The lowest BCUT2D eigenvalue weighted by atomic mass is 10.2. The van der Waals surface area contributed by atoms with Gasteiger partial charge >= 0.3 is 0 Å². The maximum Gasteiger partial charge on any atom is 0.271 e. The Balaban J connectivity index is 1.83. The molecule has 0 aliphatic carbocycles. The maximum absolute atomic E-state index is 13.2. The van der Waals surface area contributed by atoms with E-state index >= 15 is 0 Å². The first-order chi connectivity index (χ1) is 12.6. The molecule has 4 rings (SSSR count). The second-order valence-electron chi connectivity index (χ2n) is 6.25. The number of anilines is 1. The summed E-state index contributed by atoms with van der Waals surface area (Å²) >= 11 is 0. The van der Waals surface area contributed by atoms with E-state index in [2.05, 4.69) is 10.2 Å². The highest BCUT2D eigenvalue weighted by Crippen LogP contribution is 2.30. The van der Waals surface area contributed by atoms with Crippen LogP contribution in [0.5, 0.6) is 5.75 Å². The molecular weight excluding hydrogens is 350 g/mol. The van der Waals surface area contributed by atoms with E-state index in [-0.39, 0.29) is 4.90 Å². The van der Waals surface area contributed by atoms with Gasteiger partial charge in [0.05, 0.1) is 12.6 Å². The van der Waals surface area contributed by atoms with Gasteiger partial charge in [-0.1, -0.05) is 18.2 Å². The summed E-state index contributed by atoms with van der Waals surface area (Å²) in [5, 5.41) is 4.22. The first kappa shape index (κ1) is 16.9. The minimum absolute atomic E-state index is 0.160. The maximum atomic E-state index is 13.2. The van der Waals surface area contributed by atoms with Crippen molar-refractivity contribution in [2.75, 3.05) is 38.2 Å². The van der Waals surface area contributed by atoms with Gasteiger partial charge in [-0.25, -0.2) is 12.4 Å². The van der Waals surface area contributed by atoms with Crippen molar-refractivity contribution in [1.82, 2.24) is 9.29 Å². The second-order valence-corrected chi connectivity index (χ2v) is 8.03. The Morgan fingerprint density at radius 1 is 1.04 bits per heavy atom. The first-order valence-electron chi connectivity index (χ1n) is 8.56. The number of hydrogen-bond acceptors (Lipinski definition) is 5. The molecular formula is C19H21N3O3S. The highest BCUT2D eigenvalue weighted by Gasteiger charge is 2.23. The van der Waals surface area contributed by atoms with Crippen LogP contribution in [0.2, 0.25) is 0 Å². The normalized spacial score (nSPS) is 15.3. The summed E-state index contributed by atoms with van der Waals surface area (Å²) in [7, 11) is -2.27. The Kier molecular flexibility index (Phi) is 4.34. The zero-order chi connectivity index (χ0) is 18.1. The van der Waals surface area contributed by atoms with Crippen molar-refractivity contribution >= 4 is 26.6 Å². The number of ether oxygens (including phenoxy) is 1. The highest BCUT2D eigenvalue weighted by molar-refractivity contribution is 7.90. The third kappa shape index (κ3) is 2.83. The van der Waals surface area contributed by atoms with Gasteiger partial charge in [-0.2, -0.15) is 0 Å². The molecule has 0 bridgehead atoms. The van der Waals surface area contributed by atoms with Gasteiger partial charge < -0.3 is 15.0 Å². The summed E-state index contributed by atoms with van der Waals surface area (Å²) in [4.78, 5) is 2.43. The van der Waals surface area contributed by atoms with Crippen molar-refractivity contribution in [2.45, 2.75) is 4.90 Å². The molecule has 136 valence electrons. The number of nitrogens with zero attached hydrogens (tertiary/aromatic N) is 2. The van der Waals surface area contributed by atoms with Gasteiger partial charge in [0, 0.05) is 43.4 Å². The van der Waals surface area contributed by atoms with Gasteiger partial charge in [-0.3, -0.25) is 0 Å². The van der Waals surface area contributed by atoms with Crippen LogP contribution in [0.3, 0.4) is 0 Å². The van der Waals surface area contributed by atoms with Crippen LogP contribution in [0.1, 0.15) is 0 Å². The van der Waals surface area contributed by atoms with Crippen LogP contribution in [0, 0.1) is 0 Å². The number of piperazine rings is 1. The van der Waals surface area contributed by atoms with Gasteiger partial charge in [-0.15, -0.1) is 0 Å². The molecule has 3 aromatic rings. The summed E-state index contributed by atoms with van der Waals surface area (Å²) in [5.41, 5.74) is 1.71. The van der Waals surface area contributed by atoms with Crippen LogP contribution in [0.25, 0.3) is 10.9 Å². The molecule has 1 fully saturated rings.